The molecule has 21 heavy (non-hydrogen) atoms. The summed E-state index contributed by atoms with van der Waals surface area (Å²) in [7, 11) is 0.300. The summed E-state index contributed by atoms with van der Waals surface area (Å²) in [6, 6.07) is 0. The number of carbonyl (C=O) groups excluding carboxylic acids is 1. The summed E-state index contributed by atoms with van der Waals surface area (Å²) in [4.78, 5) is 11.1. The van der Waals surface area contributed by atoms with E-state index in [-0.39, 0.29) is 5.97 Å². The fourth-order valence-electron chi connectivity index (χ4n) is 2.63. The fourth-order valence-corrected chi connectivity index (χ4v) is 2.96. The zero-order valence-corrected chi connectivity index (χ0v) is 15.4. The first-order valence-corrected chi connectivity index (χ1v) is 10.6. The average molecular weight is 313 g/mol. The number of unbranched alkanes of at least 4 members (excludes halogenated alkanes) is 13. The summed E-state index contributed by atoms with van der Waals surface area (Å²) in [5, 5.41) is 0. The summed E-state index contributed by atoms with van der Waals surface area (Å²) in [5.74, 6) is -0.0187. The van der Waals surface area contributed by atoms with Gasteiger partial charge in [0.05, 0.1) is 0 Å². The summed E-state index contributed by atoms with van der Waals surface area (Å²) in [5.41, 5.74) is 0. The zero-order chi connectivity index (χ0) is 15.6. The molecule has 0 aliphatic carbocycles. The van der Waals surface area contributed by atoms with Gasteiger partial charge in [0.1, 0.15) is 0 Å². The second kappa shape index (κ2) is 17.7. The van der Waals surface area contributed by atoms with Crippen molar-refractivity contribution in [2.45, 2.75) is 110 Å². The largest absolute Gasteiger partial charge is 0.517 e. The van der Waals surface area contributed by atoms with E-state index in [4.69, 9.17) is 4.43 Å². The van der Waals surface area contributed by atoms with Crippen molar-refractivity contribution in [2.24, 2.45) is 0 Å². The van der Waals surface area contributed by atoms with Crippen molar-refractivity contribution in [3.8, 4) is 0 Å². The third kappa shape index (κ3) is 17.6. The van der Waals surface area contributed by atoms with E-state index in [9.17, 15) is 4.79 Å². The van der Waals surface area contributed by atoms with E-state index in [1.54, 1.807) is 0 Å². The molecule has 0 saturated carbocycles. The Morgan fingerprint density at radius 2 is 1.10 bits per heavy atom. The molecule has 0 bridgehead atoms. The van der Waals surface area contributed by atoms with Crippen molar-refractivity contribution < 1.29 is 9.22 Å². The minimum absolute atomic E-state index is 0.0187. The van der Waals surface area contributed by atoms with Crippen LogP contribution < -0.4 is 0 Å². The maximum absolute atomic E-state index is 11.1. The molecule has 0 N–H and O–H groups in total. The highest BCUT2D eigenvalue weighted by molar-refractivity contribution is 6.28. The van der Waals surface area contributed by atoms with Gasteiger partial charge >= 0.3 is 9.76 Å². The Labute approximate surface area is 135 Å². The number of rotatable bonds is 16. The standard InChI is InChI=1S/C18H36O2Si/c1-3-4-5-6-7-8-9-10-11-12-13-14-15-16-17-18(19)20-21-2/h3-17H2,1-2H3. The van der Waals surface area contributed by atoms with Gasteiger partial charge in [-0.25, -0.2) is 0 Å². The predicted octanol–water partition coefficient (Wildman–Crippen LogP) is 6.07. The van der Waals surface area contributed by atoms with Gasteiger partial charge in [-0.05, 0) is 13.0 Å². The molecular formula is C18H36O2Si. The van der Waals surface area contributed by atoms with Crippen molar-refractivity contribution >= 4 is 15.7 Å². The van der Waals surface area contributed by atoms with E-state index in [2.05, 4.69) is 6.92 Å². The second-order valence-corrected chi connectivity index (χ2v) is 6.64. The molecule has 124 valence electrons. The van der Waals surface area contributed by atoms with Crippen molar-refractivity contribution in [1.82, 2.24) is 0 Å². The quantitative estimate of drug-likeness (QED) is 0.255. The van der Waals surface area contributed by atoms with Crippen LogP contribution in [0.3, 0.4) is 0 Å². The van der Waals surface area contributed by atoms with Crippen molar-refractivity contribution in [2.75, 3.05) is 0 Å². The fraction of sp³-hybridized carbons (Fsp3) is 0.944. The molecule has 2 radical (unpaired) electrons. The van der Waals surface area contributed by atoms with Crippen LogP contribution in [0.2, 0.25) is 6.55 Å². The van der Waals surface area contributed by atoms with Crippen LogP contribution in [0.25, 0.3) is 0 Å². The van der Waals surface area contributed by atoms with Crippen molar-refractivity contribution in [3.63, 3.8) is 0 Å². The third-order valence-corrected chi connectivity index (χ3v) is 4.38. The SMILES string of the molecule is CCCCCCCCCCCCCCCCC(=O)O[Si]C. The van der Waals surface area contributed by atoms with E-state index in [0.717, 1.165) is 6.42 Å². The molecular weight excluding hydrogens is 276 g/mol. The van der Waals surface area contributed by atoms with Crippen LogP contribution >= 0.6 is 0 Å². The molecule has 0 amide bonds. The summed E-state index contributed by atoms with van der Waals surface area (Å²) in [6.45, 7) is 4.17. The van der Waals surface area contributed by atoms with Crippen LogP contribution in [0.1, 0.15) is 103 Å². The lowest BCUT2D eigenvalue weighted by Gasteiger charge is -2.03. The molecule has 0 aromatic carbocycles. The normalized spacial score (nSPS) is 10.8. The molecule has 0 aromatic rings. The van der Waals surface area contributed by atoms with Crippen LogP contribution in [0.4, 0.5) is 0 Å². The molecule has 0 aliphatic rings. The van der Waals surface area contributed by atoms with Gasteiger partial charge in [0.25, 0.3) is 5.97 Å². The maximum Gasteiger partial charge on any atom is 0.311 e. The van der Waals surface area contributed by atoms with Gasteiger partial charge in [-0.15, -0.1) is 0 Å². The lowest BCUT2D eigenvalue weighted by Crippen LogP contribution is -2.05. The van der Waals surface area contributed by atoms with Crippen LogP contribution in [-0.4, -0.2) is 15.7 Å². The predicted molar refractivity (Wildman–Crippen MR) is 92.6 cm³/mol. The van der Waals surface area contributed by atoms with Crippen LogP contribution in [-0.2, 0) is 9.22 Å². The van der Waals surface area contributed by atoms with Gasteiger partial charge in [0, 0.05) is 6.42 Å². The van der Waals surface area contributed by atoms with Crippen molar-refractivity contribution in [3.05, 3.63) is 0 Å². The second-order valence-electron chi connectivity index (χ2n) is 6.02. The molecule has 2 nitrogen and oxygen atoms in total. The van der Waals surface area contributed by atoms with E-state index >= 15 is 0 Å². The molecule has 0 unspecified atom stereocenters. The van der Waals surface area contributed by atoms with Gasteiger partial charge in [0.15, 0.2) is 0 Å². The Bertz CT molecular complexity index is 219. The van der Waals surface area contributed by atoms with Gasteiger partial charge in [-0.3, -0.25) is 4.79 Å². The molecule has 0 aromatic heterocycles. The minimum atomic E-state index is -0.0187. The van der Waals surface area contributed by atoms with E-state index in [0.29, 0.717) is 16.2 Å². The molecule has 0 saturated heterocycles. The Hall–Kier alpha value is -0.313. The van der Waals surface area contributed by atoms with E-state index < -0.39 is 0 Å². The lowest BCUT2D eigenvalue weighted by molar-refractivity contribution is -0.134. The molecule has 0 atom stereocenters. The molecule has 0 rings (SSSR count). The third-order valence-electron chi connectivity index (χ3n) is 3.95. The molecule has 0 fully saturated rings. The van der Waals surface area contributed by atoms with Crippen molar-refractivity contribution in [1.29, 1.82) is 0 Å². The zero-order valence-electron chi connectivity index (χ0n) is 14.4. The Balaban J connectivity index is 3.01. The average Bonchev–Trinajstić information content (AvgIpc) is 2.48. The molecule has 0 aliphatic heterocycles. The minimum Gasteiger partial charge on any atom is -0.517 e. The molecule has 3 heteroatoms. The smallest absolute Gasteiger partial charge is 0.311 e. The van der Waals surface area contributed by atoms with Gasteiger partial charge in [0.2, 0.25) is 0 Å². The summed E-state index contributed by atoms with van der Waals surface area (Å²) >= 11 is 0. The first kappa shape index (κ1) is 20.7. The van der Waals surface area contributed by atoms with E-state index in [1.165, 1.54) is 83.5 Å². The topological polar surface area (TPSA) is 26.3 Å². The number of hydrogen-bond acceptors (Lipinski definition) is 2. The Morgan fingerprint density at radius 3 is 1.48 bits per heavy atom. The van der Waals surface area contributed by atoms with Crippen LogP contribution in [0.15, 0.2) is 0 Å². The maximum atomic E-state index is 11.1. The van der Waals surface area contributed by atoms with Gasteiger partial charge in [-0.2, -0.15) is 0 Å². The van der Waals surface area contributed by atoms with Crippen LogP contribution in [0, 0.1) is 0 Å². The van der Waals surface area contributed by atoms with Crippen LogP contribution in [0.5, 0.6) is 0 Å². The highest BCUT2D eigenvalue weighted by Gasteiger charge is 2.00. The van der Waals surface area contributed by atoms with Gasteiger partial charge < -0.3 is 4.43 Å². The number of hydrogen-bond donors (Lipinski definition) is 0. The monoisotopic (exact) mass is 312 g/mol. The summed E-state index contributed by atoms with van der Waals surface area (Å²) < 4.78 is 4.94. The highest BCUT2D eigenvalue weighted by atomic mass is 28.2. The molecule has 0 heterocycles. The van der Waals surface area contributed by atoms with Gasteiger partial charge in [-0.1, -0.05) is 90.4 Å². The first-order chi connectivity index (χ1) is 10.3. The summed E-state index contributed by atoms with van der Waals surface area (Å²) in [6.07, 6.45) is 19.5. The first-order valence-electron chi connectivity index (χ1n) is 9.17. The Morgan fingerprint density at radius 1 is 0.714 bits per heavy atom. The lowest BCUT2D eigenvalue weighted by atomic mass is 10.0. The Kier molecular flexibility index (Phi) is 17.5. The highest BCUT2D eigenvalue weighted by Crippen LogP contribution is 2.13. The number of carbonyl (C=O) groups is 1. The molecule has 0 spiro atoms. The van der Waals surface area contributed by atoms with E-state index in [1.807, 2.05) is 6.55 Å².